The molecule has 1 aromatic heterocycles. The second-order valence-electron chi connectivity index (χ2n) is 6.89. The Hall–Kier alpha value is -2.64. The topological polar surface area (TPSA) is 83.9 Å². The van der Waals surface area contributed by atoms with E-state index in [4.69, 9.17) is 9.47 Å². The number of aliphatic hydroxyl groups is 1. The Balaban J connectivity index is 1.33. The fourth-order valence-corrected chi connectivity index (χ4v) is 3.50. The summed E-state index contributed by atoms with van der Waals surface area (Å²) in [6, 6.07) is 9.13. The van der Waals surface area contributed by atoms with E-state index >= 15 is 0 Å². The normalized spacial score (nSPS) is 22.3. The van der Waals surface area contributed by atoms with Crippen LogP contribution in [-0.2, 0) is 6.54 Å². The van der Waals surface area contributed by atoms with Crippen molar-refractivity contribution in [1.82, 2.24) is 15.2 Å². The number of nitrogens with zero attached hydrogens (tertiary/aromatic N) is 2. The summed E-state index contributed by atoms with van der Waals surface area (Å²) in [7, 11) is 0. The Bertz CT molecular complexity index is 799. The van der Waals surface area contributed by atoms with Gasteiger partial charge in [0, 0.05) is 32.0 Å². The van der Waals surface area contributed by atoms with Gasteiger partial charge in [0.1, 0.15) is 13.2 Å². The molecule has 2 atom stereocenters. The molecule has 7 heteroatoms. The number of ether oxygens (including phenoxy) is 2. The third-order valence-corrected chi connectivity index (χ3v) is 4.92. The standard InChI is InChI=1S/C20H23N3O4/c24-17-13-23(12-14-3-4-18-19(10-14)27-9-8-26-18)7-5-16(17)22-20(25)15-2-1-6-21-11-15/h1-4,6,10-11,16-17,24H,5,7-9,12-13H2,(H,22,25)/t16-,17-/m1/s1. The lowest BCUT2D eigenvalue weighted by molar-refractivity contribution is 0.0349. The Morgan fingerprint density at radius 3 is 2.89 bits per heavy atom. The van der Waals surface area contributed by atoms with E-state index in [9.17, 15) is 9.90 Å². The number of nitrogens with one attached hydrogen (secondary N) is 1. The molecule has 1 aromatic carbocycles. The van der Waals surface area contributed by atoms with Gasteiger partial charge in [-0.05, 0) is 36.2 Å². The van der Waals surface area contributed by atoms with Crippen LogP contribution < -0.4 is 14.8 Å². The van der Waals surface area contributed by atoms with E-state index in [0.29, 0.717) is 31.7 Å². The molecule has 142 valence electrons. The van der Waals surface area contributed by atoms with E-state index < -0.39 is 6.10 Å². The Labute approximate surface area is 157 Å². The van der Waals surface area contributed by atoms with Crippen molar-refractivity contribution in [2.75, 3.05) is 26.3 Å². The molecule has 2 aliphatic heterocycles. The zero-order chi connectivity index (χ0) is 18.6. The highest BCUT2D eigenvalue weighted by Crippen LogP contribution is 2.31. The molecule has 0 aliphatic carbocycles. The van der Waals surface area contributed by atoms with E-state index in [1.807, 2.05) is 18.2 Å². The first-order chi connectivity index (χ1) is 13.2. The van der Waals surface area contributed by atoms with Gasteiger partial charge in [-0.2, -0.15) is 0 Å². The second-order valence-corrected chi connectivity index (χ2v) is 6.89. The average Bonchev–Trinajstić information content (AvgIpc) is 2.70. The van der Waals surface area contributed by atoms with E-state index in [2.05, 4.69) is 15.2 Å². The number of likely N-dealkylation sites (tertiary alicyclic amines) is 1. The highest BCUT2D eigenvalue weighted by molar-refractivity contribution is 5.94. The smallest absolute Gasteiger partial charge is 0.253 e. The first-order valence-corrected chi connectivity index (χ1v) is 9.19. The summed E-state index contributed by atoms with van der Waals surface area (Å²) >= 11 is 0. The number of piperidine rings is 1. The molecule has 4 rings (SSSR count). The van der Waals surface area contributed by atoms with Gasteiger partial charge in [0.25, 0.3) is 5.91 Å². The molecule has 2 aliphatic rings. The molecule has 27 heavy (non-hydrogen) atoms. The number of carbonyl (C=O) groups excluding carboxylic acids is 1. The van der Waals surface area contributed by atoms with Gasteiger partial charge in [-0.25, -0.2) is 0 Å². The summed E-state index contributed by atoms with van der Waals surface area (Å²) in [5.74, 6) is 1.35. The van der Waals surface area contributed by atoms with Crippen molar-refractivity contribution in [3.8, 4) is 11.5 Å². The monoisotopic (exact) mass is 369 g/mol. The van der Waals surface area contributed by atoms with E-state index in [0.717, 1.165) is 30.2 Å². The van der Waals surface area contributed by atoms with Crippen molar-refractivity contribution < 1.29 is 19.4 Å². The number of fused-ring (bicyclic) bond motifs is 1. The summed E-state index contributed by atoms with van der Waals surface area (Å²) in [4.78, 5) is 18.4. The number of rotatable bonds is 4. The van der Waals surface area contributed by atoms with Gasteiger partial charge in [0.15, 0.2) is 11.5 Å². The number of amides is 1. The molecule has 2 N–H and O–H groups in total. The Morgan fingerprint density at radius 2 is 2.11 bits per heavy atom. The van der Waals surface area contributed by atoms with Crippen molar-refractivity contribution in [3.63, 3.8) is 0 Å². The molecule has 0 unspecified atom stereocenters. The lowest BCUT2D eigenvalue weighted by atomic mass is 10.0. The number of aliphatic hydroxyl groups excluding tert-OH is 1. The fraction of sp³-hybridized carbons (Fsp3) is 0.400. The van der Waals surface area contributed by atoms with Gasteiger partial charge in [-0.3, -0.25) is 14.7 Å². The van der Waals surface area contributed by atoms with Crippen LogP contribution in [0.4, 0.5) is 0 Å². The maximum Gasteiger partial charge on any atom is 0.253 e. The van der Waals surface area contributed by atoms with Crippen LogP contribution in [0, 0.1) is 0 Å². The van der Waals surface area contributed by atoms with Crippen molar-refractivity contribution in [1.29, 1.82) is 0 Å². The molecule has 2 aromatic rings. The van der Waals surface area contributed by atoms with Crippen LogP contribution in [0.3, 0.4) is 0 Å². The van der Waals surface area contributed by atoms with Crippen LogP contribution >= 0.6 is 0 Å². The van der Waals surface area contributed by atoms with Crippen LogP contribution in [0.15, 0.2) is 42.7 Å². The molecule has 3 heterocycles. The minimum absolute atomic E-state index is 0.201. The SMILES string of the molecule is O=C(N[C@@H]1CCN(Cc2ccc3c(c2)OCCO3)C[C@H]1O)c1cccnc1. The summed E-state index contributed by atoms with van der Waals surface area (Å²) < 4.78 is 11.2. The maximum atomic E-state index is 12.3. The molecule has 1 saturated heterocycles. The molecule has 0 spiro atoms. The van der Waals surface area contributed by atoms with Crippen LogP contribution in [-0.4, -0.2) is 59.3 Å². The third-order valence-electron chi connectivity index (χ3n) is 4.92. The first-order valence-electron chi connectivity index (χ1n) is 9.19. The van der Waals surface area contributed by atoms with Gasteiger partial charge in [-0.15, -0.1) is 0 Å². The van der Waals surface area contributed by atoms with Crippen LogP contribution in [0.2, 0.25) is 0 Å². The molecular formula is C20H23N3O4. The van der Waals surface area contributed by atoms with E-state index in [1.54, 1.807) is 18.3 Å². The lowest BCUT2D eigenvalue weighted by Gasteiger charge is -2.36. The first kappa shape index (κ1) is 17.8. The fourth-order valence-electron chi connectivity index (χ4n) is 3.50. The van der Waals surface area contributed by atoms with Gasteiger partial charge in [0.05, 0.1) is 17.7 Å². The Kier molecular flexibility index (Phi) is 5.22. The number of hydrogen-bond donors (Lipinski definition) is 2. The van der Waals surface area contributed by atoms with Gasteiger partial charge in [0.2, 0.25) is 0 Å². The van der Waals surface area contributed by atoms with Crippen LogP contribution in [0.5, 0.6) is 11.5 Å². The van der Waals surface area contributed by atoms with Gasteiger partial charge in [-0.1, -0.05) is 6.07 Å². The molecular weight excluding hydrogens is 346 g/mol. The van der Waals surface area contributed by atoms with E-state index in [1.165, 1.54) is 6.20 Å². The highest BCUT2D eigenvalue weighted by atomic mass is 16.6. The molecule has 0 bridgehead atoms. The number of pyridine rings is 1. The summed E-state index contributed by atoms with van der Waals surface area (Å²) in [6.07, 6.45) is 3.23. The molecule has 0 saturated carbocycles. The van der Waals surface area contributed by atoms with Crippen LogP contribution in [0.25, 0.3) is 0 Å². The maximum absolute atomic E-state index is 12.3. The minimum Gasteiger partial charge on any atom is -0.486 e. The quantitative estimate of drug-likeness (QED) is 0.843. The van der Waals surface area contributed by atoms with Crippen LogP contribution in [0.1, 0.15) is 22.3 Å². The van der Waals surface area contributed by atoms with Crippen molar-refractivity contribution >= 4 is 5.91 Å². The number of benzene rings is 1. The zero-order valence-electron chi connectivity index (χ0n) is 15.0. The summed E-state index contributed by atoms with van der Waals surface area (Å²) in [6.45, 7) is 3.17. The molecule has 7 nitrogen and oxygen atoms in total. The lowest BCUT2D eigenvalue weighted by Crippen LogP contribution is -2.53. The number of carbonyl (C=O) groups is 1. The second kappa shape index (κ2) is 7.94. The molecule has 1 fully saturated rings. The summed E-state index contributed by atoms with van der Waals surface area (Å²) in [5, 5.41) is 13.4. The minimum atomic E-state index is -0.614. The molecule has 0 radical (unpaired) electrons. The third kappa shape index (κ3) is 4.20. The Morgan fingerprint density at radius 1 is 1.26 bits per heavy atom. The number of hydrogen-bond acceptors (Lipinski definition) is 6. The number of β-amino-alcohol motifs (C(OH)–C–C–N with tert-alkyl or cyclic N) is 1. The predicted molar refractivity (Wildman–Crippen MR) is 98.8 cm³/mol. The van der Waals surface area contributed by atoms with Crippen molar-refractivity contribution in [3.05, 3.63) is 53.9 Å². The zero-order valence-corrected chi connectivity index (χ0v) is 15.0. The largest absolute Gasteiger partial charge is 0.486 e. The van der Waals surface area contributed by atoms with Gasteiger partial charge < -0.3 is 19.9 Å². The highest BCUT2D eigenvalue weighted by Gasteiger charge is 2.29. The average molecular weight is 369 g/mol. The number of aromatic nitrogens is 1. The molecule has 1 amide bonds. The predicted octanol–water partition coefficient (Wildman–Crippen LogP) is 1.22. The summed E-state index contributed by atoms with van der Waals surface area (Å²) in [5.41, 5.74) is 1.62. The van der Waals surface area contributed by atoms with Crippen molar-refractivity contribution in [2.24, 2.45) is 0 Å². The van der Waals surface area contributed by atoms with Gasteiger partial charge >= 0.3 is 0 Å². The van der Waals surface area contributed by atoms with E-state index in [-0.39, 0.29) is 11.9 Å². The van der Waals surface area contributed by atoms with Crippen molar-refractivity contribution in [2.45, 2.75) is 25.1 Å².